The van der Waals surface area contributed by atoms with Gasteiger partial charge in [0.05, 0.1) is 0 Å². The van der Waals surface area contributed by atoms with Crippen molar-refractivity contribution in [2.75, 3.05) is 11.1 Å². The summed E-state index contributed by atoms with van der Waals surface area (Å²) in [6, 6.07) is 16.0. The molecule has 5 nitrogen and oxygen atoms in total. The van der Waals surface area contributed by atoms with Gasteiger partial charge in [-0.1, -0.05) is 18.2 Å². The predicted molar refractivity (Wildman–Crippen MR) is 84.6 cm³/mol. The molecular weight excluding hydrogens is 262 g/mol. The standard InChI is InChI=1S/C16H17N5/c1-21-11-19-20-16(21)12-6-8-14(9-7-12)18-10-13-4-2-3-5-15(13)17/h2-9,11,18H,10,17H2,1H3. The highest BCUT2D eigenvalue weighted by molar-refractivity contribution is 5.60. The van der Waals surface area contributed by atoms with Crippen LogP contribution in [0.5, 0.6) is 0 Å². The van der Waals surface area contributed by atoms with Crippen LogP contribution < -0.4 is 11.1 Å². The number of nitrogens with one attached hydrogen (secondary N) is 1. The summed E-state index contributed by atoms with van der Waals surface area (Å²) in [6.07, 6.45) is 1.69. The van der Waals surface area contributed by atoms with Crippen LogP contribution in [0.15, 0.2) is 54.9 Å². The van der Waals surface area contributed by atoms with Crippen LogP contribution in [0, 0.1) is 0 Å². The second kappa shape index (κ2) is 5.66. The van der Waals surface area contributed by atoms with Crippen molar-refractivity contribution in [3.8, 4) is 11.4 Å². The summed E-state index contributed by atoms with van der Waals surface area (Å²) in [6.45, 7) is 0.704. The Morgan fingerprint density at radius 3 is 2.52 bits per heavy atom. The number of para-hydroxylation sites is 1. The zero-order chi connectivity index (χ0) is 14.7. The van der Waals surface area contributed by atoms with Gasteiger partial charge in [-0.25, -0.2) is 0 Å². The fourth-order valence-corrected chi connectivity index (χ4v) is 2.17. The summed E-state index contributed by atoms with van der Waals surface area (Å²) in [4.78, 5) is 0. The number of aryl methyl sites for hydroxylation is 1. The molecule has 1 aromatic heterocycles. The molecule has 0 aliphatic rings. The van der Waals surface area contributed by atoms with Crippen LogP contribution in [-0.4, -0.2) is 14.8 Å². The Kier molecular flexibility index (Phi) is 3.55. The molecule has 0 saturated carbocycles. The fraction of sp³-hybridized carbons (Fsp3) is 0.125. The molecule has 0 bridgehead atoms. The van der Waals surface area contributed by atoms with Crippen molar-refractivity contribution in [2.45, 2.75) is 6.54 Å². The highest BCUT2D eigenvalue weighted by atomic mass is 15.2. The van der Waals surface area contributed by atoms with E-state index < -0.39 is 0 Å². The van der Waals surface area contributed by atoms with Gasteiger partial charge in [0.15, 0.2) is 5.82 Å². The number of nitrogen functional groups attached to an aromatic ring is 1. The van der Waals surface area contributed by atoms with Gasteiger partial charge < -0.3 is 15.6 Å². The monoisotopic (exact) mass is 279 g/mol. The predicted octanol–water partition coefficient (Wildman–Crippen LogP) is 2.68. The summed E-state index contributed by atoms with van der Waals surface area (Å²) < 4.78 is 1.90. The lowest BCUT2D eigenvalue weighted by atomic mass is 10.1. The lowest BCUT2D eigenvalue weighted by Gasteiger charge is -2.09. The van der Waals surface area contributed by atoms with Crippen molar-refractivity contribution in [2.24, 2.45) is 7.05 Å². The maximum Gasteiger partial charge on any atom is 0.163 e. The van der Waals surface area contributed by atoms with E-state index in [1.54, 1.807) is 6.33 Å². The molecule has 106 valence electrons. The fourth-order valence-electron chi connectivity index (χ4n) is 2.17. The maximum absolute atomic E-state index is 5.93. The van der Waals surface area contributed by atoms with Crippen molar-refractivity contribution in [1.82, 2.24) is 14.8 Å². The maximum atomic E-state index is 5.93. The van der Waals surface area contributed by atoms with Crippen LogP contribution >= 0.6 is 0 Å². The smallest absolute Gasteiger partial charge is 0.163 e. The topological polar surface area (TPSA) is 68.8 Å². The zero-order valence-corrected chi connectivity index (χ0v) is 11.8. The van der Waals surface area contributed by atoms with Crippen molar-refractivity contribution < 1.29 is 0 Å². The number of anilines is 2. The number of benzene rings is 2. The second-order valence-corrected chi connectivity index (χ2v) is 4.90. The molecule has 21 heavy (non-hydrogen) atoms. The van der Waals surface area contributed by atoms with E-state index in [1.165, 1.54) is 0 Å². The molecule has 0 radical (unpaired) electrons. The van der Waals surface area contributed by atoms with Crippen LogP contribution in [0.1, 0.15) is 5.56 Å². The minimum atomic E-state index is 0.704. The second-order valence-electron chi connectivity index (χ2n) is 4.90. The van der Waals surface area contributed by atoms with Crippen LogP contribution in [0.3, 0.4) is 0 Å². The minimum Gasteiger partial charge on any atom is -0.398 e. The van der Waals surface area contributed by atoms with E-state index in [-0.39, 0.29) is 0 Å². The summed E-state index contributed by atoms with van der Waals surface area (Å²) in [5.74, 6) is 0.855. The number of rotatable bonds is 4. The molecule has 2 aromatic carbocycles. The Hall–Kier alpha value is -2.82. The largest absolute Gasteiger partial charge is 0.398 e. The number of nitrogens with zero attached hydrogens (tertiary/aromatic N) is 3. The molecule has 3 aromatic rings. The molecule has 0 fully saturated rings. The molecule has 3 rings (SSSR count). The van der Waals surface area contributed by atoms with E-state index in [4.69, 9.17) is 5.73 Å². The van der Waals surface area contributed by atoms with Gasteiger partial charge >= 0.3 is 0 Å². The third kappa shape index (κ3) is 2.86. The Labute approximate surface area is 123 Å². The summed E-state index contributed by atoms with van der Waals surface area (Å²) in [7, 11) is 1.93. The van der Waals surface area contributed by atoms with E-state index in [0.29, 0.717) is 6.54 Å². The molecule has 1 heterocycles. The summed E-state index contributed by atoms with van der Waals surface area (Å²) >= 11 is 0. The first-order chi connectivity index (χ1) is 10.2. The average Bonchev–Trinajstić information content (AvgIpc) is 2.93. The molecule has 0 saturated heterocycles. The highest BCUT2D eigenvalue weighted by Gasteiger charge is 2.04. The average molecular weight is 279 g/mol. The normalized spacial score (nSPS) is 10.5. The number of nitrogens with two attached hydrogens (primary N) is 1. The Morgan fingerprint density at radius 1 is 1.10 bits per heavy atom. The molecule has 0 aliphatic carbocycles. The number of hydrogen-bond acceptors (Lipinski definition) is 4. The van der Waals surface area contributed by atoms with Gasteiger partial charge in [0.1, 0.15) is 6.33 Å². The highest BCUT2D eigenvalue weighted by Crippen LogP contribution is 2.19. The van der Waals surface area contributed by atoms with Crippen LogP contribution in [0.25, 0.3) is 11.4 Å². The van der Waals surface area contributed by atoms with Crippen molar-refractivity contribution in [3.05, 3.63) is 60.4 Å². The molecular formula is C16H17N5. The SMILES string of the molecule is Cn1cnnc1-c1ccc(NCc2ccccc2N)cc1. The minimum absolute atomic E-state index is 0.704. The molecule has 0 aliphatic heterocycles. The zero-order valence-electron chi connectivity index (χ0n) is 11.8. The molecule has 0 atom stereocenters. The van der Waals surface area contributed by atoms with E-state index >= 15 is 0 Å². The number of aromatic nitrogens is 3. The van der Waals surface area contributed by atoms with Crippen molar-refractivity contribution in [3.63, 3.8) is 0 Å². The molecule has 0 amide bonds. The third-order valence-electron chi connectivity index (χ3n) is 3.39. The Bertz CT molecular complexity index is 730. The van der Waals surface area contributed by atoms with Crippen LogP contribution in [0.2, 0.25) is 0 Å². The lowest BCUT2D eigenvalue weighted by Crippen LogP contribution is -2.02. The van der Waals surface area contributed by atoms with Crippen LogP contribution in [0.4, 0.5) is 11.4 Å². The van der Waals surface area contributed by atoms with Gasteiger partial charge in [0.2, 0.25) is 0 Å². The lowest BCUT2D eigenvalue weighted by molar-refractivity contribution is 0.920. The summed E-state index contributed by atoms with van der Waals surface area (Å²) in [5.41, 5.74) is 9.92. The number of hydrogen-bond donors (Lipinski definition) is 2. The van der Waals surface area contributed by atoms with E-state index in [2.05, 4.69) is 15.5 Å². The first-order valence-corrected chi connectivity index (χ1v) is 6.76. The quantitative estimate of drug-likeness (QED) is 0.720. The molecule has 0 unspecified atom stereocenters. The van der Waals surface area contributed by atoms with E-state index in [9.17, 15) is 0 Å². The van der Waals surface area contributed by atoms with Gasteiger partial charge in [-0.3, -0.25) is 0 Å². The van der Waals surface area contributed by atoms with E-state index in [1.807, 2.05) is 60.1 Å². The third-order valence-corrected chi connectivity index (χ3v) is 3.39. The van der Waals surface area contributed by atoms with Crippen molar-refractivity contribution in [1.29, 1.82) is 0 Å². The van der Waals surface area contributed by atoms with Gasteiger partial charge in [-0.15, -0.1) is 10.2 Å². The van der Waals surface area contributed by atoms with Gasteiger partial charge in [0, 0.05) is 30.5 Å². The van der Waals surface area contributed by atoms with Gasteiger partial charge in [-0.05, 0) is 35.9 Å². The molecule has 5 heteroatoms. The first kappa shape index (κ1) is 13.2. The molecule has 0 spiro atoms. The molecule has 3 N–H and O–H groups in total. The van der Waals surface area contributed by atoms with Gasteiger partial charge in [-0.2, -0.15) is 0 Å². The van der Waals surface area contributed by atoms with Crippen LogP contribution in [-0.2, 0) is 13.6 Å². The Morgan fingerprint density at radius 2 is 1.86 bits per heavy atom. The first-order valence-electron chi connectivity index (χ1n) is 6.76. The Balaban J connectivity index is 1.71. The summed E-state index contributed by atoms with van der Waals surface area (Å²) in [5, 5.41) is 11.4. The van der Waals surface area contributed by atoms with E-state index in [0.717, 1.165) is 28.3 Å². The van der Waals surface area contributed by atoms with Crippen molar-refractivity contribution >= 4 is 11.4 Å². The van der Waals surface area contributed by atoms with Gasteiger partial charge in [0.25, 0.3) is 0 Å².